The molecular weight excluding hydrogens is 282 g/mol. The highest BCUT2D eigenvalue weighted by Crippen LogP contribution is 2.16. The Labute approximate surface area is 117 Å². The summed E-state index contributed by atoms with van der Waals surface area (Å²) in [6.07, 6.45) is 0. The van der Waals surface area contributed by atoms with Gasteiger partial charge in [-0.3, -0.25) is 9.59 Å². The van der Waals surface area contributed by atoms with Crippen LogP contribution in [0.25, 0.3) is 0 Å². The predicted molar refractivity (Wildman–Crippen MR) is 73.3 cm³/mol. The Morgan fingerprint density at radius 1 is 1.30 bits per heavy atom. The minimum absolute atomic E-state index is 0.0342. The van der Waals surface area contributed by atoms with Gasteiger partial charge in [-0.15, -0.1) is 0 Å². The second kappa shape index (κ2) is 6.51. The summed E-state index contributed by atoms with van der Waals surface area (Å²) < 4.78 is 23.8. The van der Waals surface area contributed by atoms with E-state index in [2.05, 4.69) is 5.32 Å². The minimum Gasteiger partial charge on any atom is -0.481 e. The number of sulfone groups is 1. The number of rotatable bonds is 6. The fraction of sp³-hybridized carbons (Fsp3) is 0.385. The summed E-state index contributed by atoms with van der Waals surface area (Å²) in [6.45, 7) is 2.89. The molecule has 0 bridgehead atoms. The minimum atomic E-state index is -3.51. The molecule has 0 aliphatic heterocycles. The molecular formula is C13H17NO5S. The zero-order valence-electron chi connectivity index (χ0n) is 11.3. The van der Waals surface area contributed by atoms with E-state index in [1.165, 1.54) is 26.0 Å². The van der Waals surface area contributed by atoms with Crippen molar-refractivity contribution in [1.29, 1.82) is 0 Å². The van der Waals surface area contributed by atoms with Crippen molar-refractivity contribution in [2.45, 2.75) is 18.7 Å². The lowest BCUT2D eigenvalue weighted by Gasteiger charge is -2.11. The molecule has 1 unspecified atom stereocenters. The van der Waals surface area contributed by atoms with E-state index in [4.69, 9.17) is 5.11 Å². The second-order valence-corrected chi connectivity index (χ2v) is 6.60. The third-order valence-electron chi connectivity index (χ3n) is 2.84. The summed E-state index contributed by atoms with van der Waals surface area (Å²) in [6, 6.07) is 5.88. The normalized spacial score (nSPS) is 12.7. The fourth-order valence-corrected chi connectivity index (χ4v) is 2.60. The number of carboxylic acids is 1. The first-order valence-electron chi connectivity index (χ1n) is 6.12. The molecule has 0 aliphatic carbocycles. The lowest BCUT2D eigenvalue weighted by molar-refractivity contribution is -0.140. The standard InChI is InChI=1S/C13H17NO5S/c1-3-20(18,19)11-7-5-4-6-10(11)12(15)14-8-9(2)13(16)17/h4-7,9H,3,8H2,1-2H3,(H,14,15)(H,16,17). The molecule has 20 heavy (non-hydrogen) atoms. The monoisotopic (exact) mass is 299 g/mol. The molecule has 0 heterocycles. The van der Waals surface area contributed by atoms with Crippen molar-refractivity contribution in [2.75, 3.05) is 12.3 Å². The quantitative estimate of drug-likeness (QED) is 0.814. The molecule has 0 saturated heterocycles. The van der Waals surface area contributed by atoms with E-state index in [1.807, 2.05) is 0 Å². The number of carbonyl (C=O) groups excluding carboxylic acids is 1. The van der Waals surface area contributed by atoms with Crippen molar-refractivity contribution in [3.05, 3.63) is 29.8 Å². The number of aliphatic carboxylic acids is 1. The van der Waals surface area contributed by atoms with Crippen LogP contribution in [0.1, 0.15) is 24.2 Å². The summed E-state index contributed by atoms with van der Waals surface area (Å²) in [7, 11) is -3.51. The Hall–Kier alpha value is -1.89. The maximum atomic E-state index is 12.0. The summed E-state index contributed by atoms with van der Waals surface area (Å²) >= 11 is 0. The van der Waals surface area contributed by atoms with E-state index in [0.29, 0.717) is 0 Å². The highest BCUT2D eigenvalue weighted by atomic mass is 32.2. The molecule has 0 fully saturated rings. The summed E-state index contributed by atoms with van der Waals surface area (Å²) in [5.41, 5.74) is 0.0342. The molecule has 1 atom stereocenters. The van der Waals surface area contributed by atoms with Gasteiger partial charge in [0.25, 0.3) is 5.91 Å². The molecule has 0 aromatic heterocycles. The van der Waals surface area contributed by atoms with Crippen LogP contribution >= 0.6 is 0 Å². The molecule has 0 saturated carbocycles. The number of carboxylic acid groups (broad SMARTS) is 1. The number of nitrogens with one attached hydrogen (secondary N) is 1. The first-order valence-corrected chi connectivity index (χ1v) is 7.77. The second-order valence-electron chi connectivity index (χ2n) is 4.35. The van der Waals surface area contributed by atoms with Crippen molar-refractivity contribution in [3.63, 3.8) is 0 Å². The predicted octanol–water partition coefficient (Wildman–Crippen LogP) is 0.931. The van der Waals surface area contributed by atoms with Crippen LogP contribution in [0.3, 0.4) is 0 Å². The highest BCUT2D eigenvalue weighted by Gasteiger charge is 2.21. The van der Waals surface area contributed by atoms with E-state index in [1.54, 1.807) is 12.1 Å². The Bertz CT molecular complexity index is 609. The Kier molecular flexibility index (Phi) is 5.26. The lowest BCUT2D eigenvalue weighted by Crippen LogP contribution is -2.32. The molecule has 0 aliphatic rings. The average Bonchev–Trinajstić information content (AvgIpc) is 2.44. The van der Waals surface area contributed by atoms with Crippen LogP contribution in [0.4, 0.5) is 0 Å². The van der Waals surface area contributed by atoms with Crippen molar-refractivity contribution in [3.8, 4) is 0 Å². The largest absolute Gasteiger partial charge is 0.481 e. The number of amides is 1. The Morgan fingerprint density at radius 2 is 1.90 bits per heavy atom. The van der Waals surface area contributed by atoms with Crippen molar-refractivity contribution < 1.29 is 23.1 Å². The molecule has 1 amide bonds. The zero-order chi connectivity index (χ0) is 15.3. The van der Waals surface area contributed by atoms with Gasteiger partial charge in [-0.2, -0.15) is 0 Å². The molecule has 1 rings (SSSR count). The summed E-state index contributed by atoms with van der Waals surface area (Å²) in [4.78, 5) is 22.6. The van der Waals surface area contributed by atoms with Crippen LogP contribution in [0.15, 0.2) is 29.2 Å². The molecule has 2 N–H and O–H groups in total. The molecule has 0 radical (unpaired) electrons. The third-order valence-corrected chi connectivity index (χ3v) is 4.62. The molecule has 6 nitrogen and oxygen atoms in total. The van der Waals surface area contributed by atoms with E-state index >= 15 is 0 Å². The lowest BCUT2D eigenvalue weighted by atomic mass is 10.1. The number of benzene rings is 1. The van der Waals surface area contributed by atoms with Crippen molar-refractivity contribution in [2.24, 2.45) is 5.92 Å². The van der Waals surface area contributed by atoms with Gasteiger partial charge in [0.1, 0.15) is 0 Å². The van der Waals surface area contributed by atoms with Gasteiger partial charge in [-0.25, -0.2) is 8.42 Å². The smallest absolute Gasteiger partial charge is 0.308 e. The molecule has 0 spiro atoms. The van der Waals surface area contributed by atoms with Crippen molar-refractivity contribution >= 4 is 21.7 Å². The maximum Gasteiger partial charge on any atom is 0.308 e. The Balaban J connectivity index is 2.98. The van der Waals surface area contributed by atoms with Crippen LogP contribution in [-0.2, 0) is 14.6 Å². The van der Waals surface area contributed by atoms with Gasteiger partial charge in [0.15, 0.2) is 9.84 Å². The van der Waals surface area contributed by atoms with Gasteiger partial charge in [-0.1, -0.05) is 26.0 Å². The number of hydrogen-bond donors (Lipinski definition) is 2. The maximum absolute atomic E-state index is 12.0. The van der Waals surface area contributed by atoms with Crippen LogP contribution in [0, 0.1) is 5.92 Å². The molecule has 1 aromatic rings. The van der Waals surface area contributed by atoms with Gasteiger partial charge in [-0.05, 0) is 12.1 Å². The van der Waals surface area contributed by atoms with E-state index in [-0.39, 0.29) is 22.8 Å². The van der Waals surface area contributed by atoms with Gasteiger partial charge in [0.2, 0.25) is 0 Å². The highest BCUT2D eigenvalue weighted by molar-refractivity contribution is 7.91. The SMILES string of the molecule is CCS(=O)(=O)c1ccccc1C(=O)NCC(C)C(=O)O. The van der Waals surface area contributed by atoms with Gasteiger partial charge >= 0.3 is 5.97 Å². The molecule has 7 heteroatoms. The average molecular weight is 299 g/mol. The topological polar surface area (TPSA) is 101 Å². The fourth-order valence-electron chi connectivity index (χ4n) is 1.51. The number of hydrogen-bond acceptors (Lipinski definition) is 4. The molecule has 110 valence electrons. The summed E-state index contributed by atoms with van der Waals surface area (Å²) in [5, 5.41) is 11.2. The third kappa shape index (κ3) is 3.80. The van der Waals surface area contributed by atoms with E-state index < -0.39 is 27.6 Å². The molecule has 1 aromatic carbocycles. The summed E-state index contributed by atoms with van der Waals surface area (Å²) in [5.74, 6) is -2.47. The zero-order valence-corrected chi connectivity index (χ0v) is 12.1. The van der Waals surface area contributed by atoms with E-state index in [9.17, 15) is 18.0 Å². The van der Waals surface area contributed by atoms with Gasteiger partial charge in [0.05, 0.1) is 22.1 Å². The van der Waals surface area contributed by atoms with Gasteiger partial charge < -0.3 is 10.4 Å². The van der Waals surface area contributed by atoms with Crippen LogP contribution in [0.2, 0.25) is 0 Å². The first kappa shape index (κ1) is 16.2. The van der Waals surface area contributed by atoms with Gasteiger partial charge in [0, 0.05) is 6.54 Å². The van der Waals surface area contributed by atoms with Crippen LogP contribution in [0.5, 0.6) is 0 Å². The van der Waals surface area contributed by atoms with Crippen LogP contribution < -0.4 is 5.32 Å². The Morgan fingerprint density at radius 3 is 2.45 bits per heavy atom. The van der Waals surface area contributed by atoms with Crippen LogP contribution in [-0.4, -0.2) is 37.7 Å². The van der Waals surface area contributed by atoms with Crippen molar-refractivity contribution in [1.82, 2.24) is 5.32 Å². The van der Waals surface area contributed by atoms with E-state index in [0.717, 1.165) is 0 Å². The number of carbonyl (C=O) groups is 2. The first-order chi connectivity index (χ1) is 9.29.